The highest BCUT2D eigenvalue weighted by atomic mass is 19.1. The average Bonchev–Trinajstić information content (AvgIpc) is 2.72. The van der Waals surface area contributed by atoms with Gasteiger partial charge in [-0.25, -0.2) is 8.78 Å². The van der Waals surface area contributed by atoms with E-state index in [1.165, 1.54) is 18.2 Å². The molecule has 1 aromatic carbocycles. The molecular formula is C16H17F2N3. The lowest BCUT2D eigenvalue weighted by Crippen LogP contribution is -2.20. The summed E-state index contributed by atoms with van der Waals surface area (Å²) >= 11 is 0. The maximum atomic E-state index is 13.7. The predicted octanol–water partition coefficient (Wildman–Crippen LogP) is 3.33. The van der Waals surface area contributed by atoms with Crippen LogP contribution in [0.1, 0.15) is 35.5 Å². The Bertz CT molecular complexity index is 678. The van der Waals surface area contributed by atoms with Crippen molar-refractivity contribution in [3.63, 3.8) is 0 Å². The van der Waals surface area contributed by atoms with E-state index in [9.17, 15) is 8.78 Å². The van der Waals surface area contributed by atoms with Gasteiger partial charge in [0.1, 0.15) is 23.4 Å². The van der Waals surface area contributed by atoms with E-state index < -0.39 is 17.7 Å². The summed E-state index contributed by atoms with van der Waals surface area (Å²) < 4.78 is 29.2. The number of benzene rings is 1. The molecule has 0 aliphatic rings. The zero-order valence-electron chi connectivity index (χ0n) is 12.2. The number of nitriles is 1. The van der Waals surface area contributed by atoms with Crippen molar-refractivity contribution in [1.29, 1.82) is 5.26 Å². The molecule has 3 nitrogen and oxygen atoms in total. The predicted molar refractivity (Wildman–Crippen MR) is 76.5 cm³/mol. The van der Waals surface area contributed by atoms with Gasteiger partial charge >= 0.3 is 0 Å². The molecule has 0 spiro atoms. The second-order valence-electron chi connectivity index (χ2n) is 5.05. The van der Waals surface area contributed by atoms with Crippen LogP contribution in [0.15, 0.2) is 24.3 Å². The summed E-state index contributed by atoms with van der Waals surface area (Å²) in [5.74, 6) is -1.12. The quantitative estimate of drug-likeness (QED) is 0.938. The molecule has 0 aliphatic carbocycles. The van der Waals surface area contributed by atoms with Crippen LogP contribution in [0.5, 0.6) is 0 Å². The lowest BCUT2D eigenvalue weighted by molar-refractivity contribution is 0.487. The van der Waals surface area contributed by atoms with E-state index >= 15 is 0 Å². The van der Waals surface area contributed by atoms with Gasteiger partial charge in [-0.15, -0.1) is 0 Å². The van der Waals surface area contributed by atoms with Gasteiger partial charge in [0.25, 0.3) is 0 Å². The van der Waals surface area contributed by atoms with Crippen LogP contribution in [-0.4, -0.2) is 4.57 Å². The molecular weight excluding hydrogens is 272 g/mol. The van der Waals surface area contributed by atoms with Crippen LogP contribution in [0.2, 0.25) is 0 Å². The summed E-state index contributed by atoms with van der Waals surface area (Å²) in [6.07, 6.45) is 0. The van der Waals surface area contributed by atoms with E-state index in [2.05, 4.69) is 11.4 Å². The molecule has 0 saturated heterocycles. The lowest BCUT2D eigenvalue weighted by Gasteiger charge is -2.16. The van der Waals surface area contributed by atoms with Crippen LogP contribution in [-0.2, 0) is 13.6 Å². The molecule has 1 aromatic heterocycles. The highest BCUT2D eigenvalue weighted by Gasteiger charge is 2.16. The van der Waals surface area contributed by atoms with Gasteiger partial charge in [-0.1, -0.05) is 6.07 Å². The molecule has 1 atom stereocenters. The normalized spacial score (nSPS) is 12.2. The van der Waals surface area contributed by atoms with Gasteiger partial charge in [0.2, 0.25) is 0 Å². The molecule has 5 heteroatoms. The summed E-state index contributed by atoms with van der Waals surface area (Å²) in [5.41, 5.74) is 2.50. The number of halogens is 2. The summed E-state index contributed by atoms with van der Waals surface area (Å²) in [7, 11) is 1.82. The Labute approximate surface area is 122 Å². The lowest BCUT2D eigenvalue weighted by atomic mass is 10.1. The second-order valence-corrected chi connectivity index (χ2v) is 5.05. The van der Waals surface area contributed by atoms with Gasteiger partial charge in [-0.05, 0) is 37.6 Å². The first-order chi connectivity index (χ1) is 9.95. The fourth-order valence-electron chi connectivity index (χ4n) is 2.34. The largest absolute Gasteiger partial charge is 0.340 e. The Morgan fingerprint density at radius 3 is 2.48 bits per heavy atom. The molecule has 1 N–H and O–H groups in total. The third kappa shape index (κ3) is 2.96. The monoisotopic (exact) mass is 289 g/mol. The summed E-state index contributed by atoms with van der Waals surface area (Å²) in [6, 6.07) is 7.28. The molecule has 21 heavy (non-hydrogen) atoms. The SMILES string of the molecule is Cc1c(CNC(C)c2c(F)cccc2F)cc(C#N)n1C. The minimum atomic E-state index is -0.558. The average molecular weight is 289 g/mol. The molecule has 1 heterocycles. The van der Waals surface area contributed by atoms with Crippen LogP contribution in [0.25, 0.3) is 0 Å². The van der Waals surface area contributed by atoms with E-state index in [0.29, 0.717) is 12.2 Å². The Morgan fingerprint density at radius 2 is 1.95 bits per heavy atom. The Morgan fingerprint density at radius 1 is 1.33 bits per heavy atom. The Kier molecular flexibility index (Phi) is 4.39. The van der Waals surface area contributed by atoms with Crippen molar-refractivity contribution < 1.29 is 8.78 Å². The van der Waals surface area contributed by atoms with E-state index in [1.54, 1.807) is 17.6 Å². The van der Waals surface area contributed by atoms with Gasteiger partial charge in [0.05, 0.1) is 0 Å². The third-order valence-electron chi connectivity index (χ3n) is 3.79. The summed E-state index contributed by atoms with van der Waals surface area (Å²) in [6.45, 7) is 4.06. The van der Waals surface area contributed by atoms with E-state index in [0.717, 1.165) is 11.3 Å². The van der Waals surface area contributed by atoms with Crippen LogP contribution in [0.3, 0.4) is 0 Å². The molecule has 0 fully saturated rings. The maximum absolute atomic E-state index is 13.7. The van der Waals surface area contributed by atoms with Crippen molar-refractivity contribution in [1.82, 2.24) is 9.88 Å². The number of nitrogens with one attached hydrogen (secondary N) is 1. The first-order valence-corrected chi connectivity index (χ1v) is 6.68. The zero-order chi connectivity index (χ0) is 15.6. The maximum Gasteiger partial charge on any atom is 0.130 e. The minimum absolute atomic E-state index is 0.0339. The van der Waals surface area contributed by atoms with Gasteiger partial charge < -0.3 is 9.88 Å². The van der Waals surface area contributed by atoms with Gasteiger partial charge in [0.15, 0.2) is 0 Å². The molecule has 0 radical (unpaired) electrons. The van der Waals surface area contributed by atoms with Gasteiger partial charge in [-0.2, -0.15) is 5.26 Å². The summed E-state index contributed by atoms with van der Waals surface area (Å²) in [4.78, 5) is 0. The molecule has 110 valence electrons. The molecule has 2 aromatic rings. The molecule has 1 unspecified atom stereocenters. The van der Waals surface area contributed by atoms with E-state index in [1.807, 2.05) is 14.0 Å². The van der Waals surface area contributed by atoms with Gasteiger partial charge in [0, 0.05) is 30.9 Å². The standard InChI is InChI=1S/C16H17F2N3/c1-10(16-14(17)5-4-6-15(16)18)20-9-12-7-13(8-19)21(3)11(12)2/h4-7,10,20H,9H2,1-3H3. The molecule has 0 saturated carbocycles. The number of rotatable bonds is 4. The number of aromatic nitrogens is 1. The van der Waals surface area contributed by atoms with Crippen molar-refractivity contribution in [2.75, 3.05) is 0 Å². The third-order valence-corrected chi connectivity index (χ3v) is 3.79. The summed E-state index contributed by atoms with van der Waals surface area (Å²) in [5, 5.41) is 12.1. The van der Waals surface area contributed by atoms with Crippen molar-refractivity contribution in [2.45, 2.75) is 26.4 Å². The second kappa shape index (κ2) is 6.06. The van der Waals surface area contributed by atoms with Crippen molar-refractivity contribution >= 4 is 0 Å². The van der Waals surface area contributed by atoms with Crippen molar-refractivity contribution in [2.24, 2.45) is 7.05 Å². The minimum Gasteiger partial charge on any atom is -0.340 e. The van der Waals surface area contributed by atoms with Crippen molar-refractivity contribution in [3.05, 3.63) is 58.4 Å². The molecule has 0 bridgehead atoms. The number of nitrogens with zero attached hydrogens (tertiary/aromatic N) is 2. The topological polar surface area (TPSA) is 40.8 Å². The Balaban J connectivity index is 2.15. The van der Waals surface area contributed by atoms with Crippen LogP contribution in [0, 0.1) is 29.9 Å². The highest BCUT2D eigenvalue weighted by molar-refractivity contribution is 5.34. The Hall–Kier alpha value is -2.19. The first-order valence-electron chi connectivity index (χ1n) is 6.68. The van der Waals surface area contributed by atoms with Crippen LogP contribution >= 0.6 is 0 Å². The fraction of sp³-hybridized carbons (Fsp3) is 0.312. The van der Waals surface area contributed by atoms with Crippen LogP contribution in [0.4, 0.5) is 8.78 Å². The zero-order valence-corrected chi connectivity index (χ0v) is 12.2. The highest BCUT2D eigenvalue weighted by Crippen LogP contribution is 2.21. The molecule has 0 amide bonds. The number of hydrogen-bond acceptors (Lipinski definition) is 2. The van der Waals surface area contributed by atoms with Gasteiger partial charge in [-0.3, -0.25) is 0 Å². The molecule has 0 aliphatic heterocycles. The fourth-order valence-corrected chi connectivity index (χ4v) is 2.34. The van der Waals surface area contributed by atoms with Crippen LogP contribution < -0.4 is 5.32 Å². The smallest absolute Gasteiger partial charge is 0.130 e. The molecule has 2 rings (SSSR count). The van der Waals surface area contributed by atoms with E-state index in [4.69, 9.17) is 5.26 Å². The number of hydrogen-bond donors (Lipinski definition) is 1. The first kappa shape index (κ1) is 15.2. The van der Waals surface area contributed by atoms with E-state index in [-0.39, 0.29) is 5.56 Å². The van der Waals surface area contributed by atoms with Crippen molar-refractivity contribution in [3.8, 4) is 6.07 Å².